The van der Waals surface area contributed by atoms with Gasteiger partial charge < -0.3 is 10.2 Å². The molecular formula is C17H24O2. The molecule has 2 N–H and O–H groups in total. The van der Waals surface area contributed by atoms with Gasteiger partial charge in [0.25, 0.3) is 0 Å². The molecule has 0 fully saturated rings. The van der Waals surface area contributed by atoms with Gasteiger partial charge in [-0.15, -0.1) is 0 Å². The normalized spacial score (nSPS) is 13.0. The Balaban J connectivity index is 3.78. The lowest BCUT2D eigenvalue weighted by Crippen LogP contribution is -1.97. The van der Waals surface area contributed by atoms with E-state index in [2.05, 4.69) is 37.2 Å². The summed E-state index contributed by atoms with van der Waals surface area (Å²) in [6.45, 7) is 5.59. The van der Waals surface area contributed by atoms with Gasteiger partial charge in [-0.1, -0.05) is 63.2 Å². The van der Waals surface area contributed by atoms with E-state index in [1.54, 1.807) is 6.08 Å². The lowest BCUT2D eigenvalue weighted by atomic mass is 10.1. The molecule has 0 aliphatic heterocycles. The number of rotatable bonds is 8. The molecule has 0 heterocycles. The minimum atomic E-state index is -0.856. The van der Waals surface area contributed by atoms with Crippen molar-refractivity contribution >= 4 is 0 Å². The summed E-state index contributed by atoms with van der Waals surface area (Å²) in [6, 6.07) is 0. The zero-order valence-electron chi connectivity index (χ0n) is 11.7. The van der Waals surface area contributed by atoms with Crippen molar-refractivity contribution < 1.29 is 10.2 Å². The largest absolute Gasteiger partial charge is 0.377 e. The Bertz CT molecular complexity index is 374. The second-order valence-electron chi connectivity index (χ2n) is 4.30. The standard InChI is InChI=1S/C17H24O2/c1-3-5-6-7-8-9-10-14-17(19)15-12-11-13-16(18)4-2/h4,10,14,16-19H,2-3,5-9H2,1H3/t16?,17-/m0/s1. The molecule has 0 aromatic heterocycles. The van der Waals surface area contributed by atoms with E-state index in [9.17, 15) is 5.11 Å². The molecule has 0 radical (unpaired) electrons. The van der Waals surface area contributed by atoms with Gasteiger partial charge in [-0.25, -0.2) is 0 Å². The van der Waals surface area contributed by atoms with Crippen LogP contribution in [-0.4, -0.2) is 22.4 Å². The van der Waals surface area contributed by atoms with Crippen LogP contribution in [0.3, 0.4) is 0 Å². The van der Waals surface area contributed by atoms with Crippen molar-refractivity contribution in [3.63, 3.8) is 0 Å². The van der Waals surface area contributed by atoms with E-state index >= 15 is 0 Å². The highest BCUT2D eigenvalue weighted by atomic mass is 16.3. The average molecular weight is 260 g/mol. The highest BCUT2D eigenvalue weighted by Gasteiger charge is 1.91. The SMILES string of the molecule is C=CC(O)C#CC#C[C@@H](O)C=CCCCCCCC. The van der Waals surface area contributed by atoms with Gasteiger partial charge >= 0.3 is 0 Å². The second-order valence-corrected chi connectivity index (χ2v) is 4.30. The molecule has 0 saturated carbocycles. The maximum absolute atomic E-state index is 9.50. The van der Waals surface area contributed by atoms with Crippen LogP contribution in [0.2, 0.25) is 0 Å². The first-order valence-electron chi connectivity index (χ1n) is 6.87. The van der Waals surface area contributed by atoms with E-state index in [0.29, 0.717) is 0 Å². The predicted octanol–water partition coefficient (Wildman–Crippen LogP) is 2.82. The van der Waals surface area contributed by atoms with Crippen LogP contribution in [0.5, 0.6) is 0 Å². The van der Waals surface area contributed by atoms with Gasteiger partial charge in [-0.2, -0.15) is 0 Å². The van der Waals surface area contributed by atoms with Crippen LogP contribution in [0.1, 0.15) is 45.4 Å². The maximum atomic E-state index is 9.50. The molecule has 0 rings (SSSR count). The van der Waals surface area contributed by atoms with E-state index in [1.807, 2.05) is 6.08 Å². The fourth-order valence-corrected chi connectivity index (χ4v) is 1.42. The molecule has 0 aliphatic rings. The third-order valence-electron chi connectivity index (χ3n) is 2.52. The van der Waals surface area contributed by atoms with Crippen LogP contribution < -0.4 is 0 Å². The van der Waals surface area contributed by atoms with Gasteiger partial charge in [0.15, 0.2) is 0 Å². The Morgan fingerprint density at radius 3 is 2.26 bits per heavy atom. The summed E-state index contributed by atoms with van der Waals surface area (Å²) in [4.78, 5) is 0. The zero-order chi connectivity index (χ0) is 14.3. The average Bonchev–Trinajstić information content (AvgIpc) is 2.42. The number of allylic oxidation sites excluding steroid dienone is 1. The lowest BCUT2D eigenvalue weighted by molar-refractivity contribution is 0.280. The van der Waals surface area contributed by atoms with Gasteiger partial charge in [-0.3, -0.25) is 0 Å². The van der Waals surface area contributed by atoms with E-state index in [4.69, 9.17) is 5.11 Å². The maximum Gasteiger partial charge on any atom is 0.134 e. The summed E-state index contributed by atoms with van der Waals surface area (Å²) in [6.07, 6.45) is 10.5. The smallest absolute Gasteiger partial charge is 0.134 e. The number of hydrogen-bond donors (Lipinski definition) is 2. The van der Waals surface area contributed by atoms with Crippen LogP contribution in [0.4, 0.5) is 0 Å². The lowest BCUT2D eigenvalue weighted by Gasteiger charge is -1.97. The highest BCUT2D eigenvalue weighted by Crippen LogP contribution is 2.05. The Kier molecular flexibility index (Phi) is 12.0. The summed E-state index contributed by atoms with van der Waals surface area (Å²) in [7, 11) is 0. The van der Waals surface area contributed by atoms with E-state index in [-0.39, 0.29) is 0 Å². The van der Waals surface area contributed by atoms with Crippen molar-refractivity contribution in [2.75, 3.05) is 0 Å². The molecular weight excluding hydrogens is 236 g/mol. The summed E-state index contributed by atoms with van der Waals surface area (Å²) in [5, 5.41) is 18.6. The van der Waals surface area contributed by atoms with E-state index < -0.39 is 12.2 Å². The molecule has 0 aromatic carbocycles. The van der Waals surface area contributed by atoms with Gasteiger partial charge in [0.05, 0.1) is 0 Å². The van der Waals surface area contributed by atoms with Crippen molar-refractivity contribution in [3.05, 3.63) is 24.8 Å². The first kappa shape index (κ1) is 17.5. The van der Waals surface area contributed by atoms with Crippen LogP contribution in [0.25, 0.3) is 0 Å². The summed E-state index contributed by atoms with van der Waals surface area (Å²) < 4.78 is 0. The van der Waals surface area contributed by atoms with Gasteiger partial charge in [0, 0.05) is 0 Å². The first-order chi connectivity index (χ1) is 9.20. The molecule has 0 aliphatic carbocycles. The van der Waals surface area contributed by atoms with Crippen LogP contribution >= 0.6 is 0 Å². The first-order valence-corrected chi connectivity index (χ1v) is 6.87. The van der Waals surface area contributed by atoms with E-state index in [1.165, 1.54) is 31.8 Å². The molecule has 1 unspecified atom stereocenters. The molecule has 0 bridgehead atoms. The van der Waals surface area contributed by atoms with Crippen molar-refractivity contribution in [1.82, 2.24) is 0 Å². The zero-order valence-corrected chi connectivity index (χ0v) is 11.7. The topological polar surface area (TPSA) is 40.5 Å². The quantitative estimate of drug-likeness (QED) is 0.400. The number of aliphatic hydroxyl groups excluding tert-OH is 2. The molecule has 2 atom stereocenters. The van der Waals surface area contributed by atoms with Crippen molar-refractivity contribution in [2.45, 2.75) is 57.7 Å². The van der Waals surface area contributed by atoms with Crippen LogP contribution in [0, 0.1) is 23.7 Å². The van der Waals surface area contributed by atoms with Crippen molar-refractivity contribution in [2.24, 2.45) is 0 Å². The fourth-order valence-electron chi connectivity index (χ4n) is 1.42. The Labute approximate surface area is 117 Å². The minimum Gasteiger partial charge on any atom is -0.377 e. The van der Waals surface area contributed by atoms with Crippen molar-refractivity contribution in [3.8, 4) is 23.7 Å². The van der Waals surface area contributed by atoms with Gasteiger partial charge in [-0.05, 0) is 30.8 Å². The Morgan fingerprint density at radius 2 is 1.63 bits per heavy atom. The molecule has 0 aromatic rings. The number of aliphatic hydroxyl groups is 2. The highest BCUT2D eigenvalue weighted by molar-refractivity contribution is 5.31. The molecule has 0 spiro atoms. The summed E-state index contributed by atoms with van der Waals surface area (Å²) in [5.74, 6) is 10.00. The number of hydrogen-bond acceptors (Lipinski definition) is 2. The van der Waals surface area contributed by atoms with Crippen LogP contribution in [-0.2, 0) is 0 Å². The third-order valence-corrected chi connectivity index (χ3v) is 2.52. The summed E-state index contributed by atoms with van der Waals surface area (Å²) in [5.41, 5.74) is 0. The molecule has 0 amide bonds. The fraction of sp³-hybridized carbons (Fsp3) is 0.529. The van der Waals surface area contributed by atoms with Gasteiger partial charge in [0.2, 0.25) is 0 Å². The minimum absolute atomic E-state index is 0.786. The molecule has 2 heteroatoms. The second kappa shape index (κ2) is 13.0. The molecule has 104 valence electrons. The molecule has 2 nitrogen and oxygen atoms in total. The van der Waals surface area contributed by atoms with Gasteiger partial charge in [0.1, 0.15) is 12.2 Å². The van der Waals surface area contributed by atoms with Crippen molar-refractivity contribution in [1.29, 1.82) is 0 Å². The summed E-state index contributed by atoms with van der Waals surface area (Å²) >= 11 is 0. The Morgan fingerprint density at radius 1 is 1.00 bits per heavy atom. The molecule has 0 saturated heterocycles. The number of unbranched alkanes of at least 4 members (excludes halogenated alkanes) is 5. The third kappa shape index (κ3) is 12.8. The monoisotopic (exact) mass is 260 g/mol. The van der Waals surface area contributed by atoms with Crippen LogP contribution in [0.15, 0.2) is 24.8 Å². The Hall–Kier alpha value is -1.48. The van der Waals surface area contributed by atoms with E-state index in [0.717, 1.165) is 12.8 Å². The molecule has 19 heavy (non-hydrogen) atoms. The predicted molar refractivity (Wildman–Crippen MR) is 80.3 cm³/mol.